The number of rotatable bonds is 5. The lowest BCUT2D eigenvalue weighted by atomic mass is 10.6. The van der Waals surface area contributed by atoms with E-state index >= 15 is 0 Å². The Morgan fingerprint density at radius 3 is 2.18 bits per heavy atom. The van der Waals surface area contributed by atoms with Gasteiger partial charge in [0.15, 0.2) is 6.29 Å². The standard InChI is InChI=1S/C4H10FNO4S/c1-9-4(10-2)3-6-11(5,7)8/h4,6H,3H2,1-2H3. The molecule has 0 rings (SSSR count). The van der Waals surface area contributed by atoms with Gasteiger partial charge in [-0.25, -0.2) is 0 Å². The molecular formula is C4H10FNO4S. The topological polar surface area (TPSA) is 64.6 Å². The van der Waals surface area contributed by atoms with E-state index in [-0.39, 0.29) is 6.54 Å². The van der Waals surface area contributed by atoms with Gasteiger partial charge in [0, 0.05) is 14.2 Å². The maximum Gasteiger partial charge on any atom is 0.372 e. The number of ether oxygens (including phenoxy) is 2. The Morgan fingerprint density at radius 1 is 1.45 bits per heavy atom. The van der Waals surface area contributed by atoms with Gasteiger partial charge >= 0.3 is 10.4 Å². The molecular weight excluding hydrogens is 177 g/mol. The highest BCUT2D eigenvalue weighted by Crippen LogP contribution is 1.90. The predicted octanol–water partition coefficient (Wildman–Crippen LogP) is -0.591. The van der Waals surface area contributed by atoms with Crippen molar-refractivity contribution in [2.45, 2.75) is 6.29 Å². The average Bonchev–Trinajstić information content (AvgIpc) is 1.88. The van der Waals surface area contributed by atoms with Crippen LogP contribution in [0.5, 0.6) is 0 Å². The second kappa shape index (κ2) is 4.60. The van der Waals surface area contributed by atoms with Crippen molar-refractivity contribution >= 4 is 10.4 Å². The van der Waals surface area contributed by atoms with Crippen LogP contribution in [-0.4, -0.2) is 35.5 Å². The fourth-order valence-corrected chi connectivity index (χ4v) is 0.766. The summed E-state index contributed by atoms with van der Waals surface area (Å²) >= 11 is 0. The summed E-state index contributed by atoms with van der Waals surface area (Å²) in [6.07, 6.45) is -0.763. The molecule has 0 saturated carbocycles. The molecule has 68 valence electrons. The van der Waals surface area contributed by atoms with Gasteiger partial charge in [-0.3, -0.25) is 0 Å². The van der Waals surface area contributed by atoms with Gasteiger partial charge in [0.2, 0.25) is 0 Å². The Kier molecular flexibility index (Phi) is 4.50. The number of hydrogen-bond acceptors (Lipinski definition) is 4. The smallest absolute Gasteiger partial charge is 0.355 e. The van der Waals surface area contributed by atoms with Crippen LogP contribution in [0.1, 0.15) is 0 Å². The quantitative estimate of drug-likeness (QED) is 0.461. The minimum Gasteiger partial charge on any atom is -0.355 e. The number of nitrogens with one attached hydrogen (secondary N) is 1. The monoisotopic (exact) mass is 187 g/mol. The third kappa shape index (κ3) is 6.17. The Morgan fingerprint density at radius 2 is 1.91 bits per heavy atom. The maximum absolute atomic E-state index is 11.8. The van der Waals surface area contributed by atoms with Crippen LogP contribution in [0.15, 0.2) is 0 Å². The van der Waals surface area contributed by atoms with E-state index in [2.05, 4.69) is 9.47 Å². The van der Waals surface area contributed by atoms with Crippen LogP contribution in [0.4, 0.5) is 3.89 Å². The minimum atomic E-state index is -4.65. The van der Waals surface area contributed by atoms with E-state index in [0.717, 1.165) is 0 Å². The lowest BCUT2D eigenvalue weighted by Gasteiger charge is -2.11. The summed E-state index contributed by atoms with van der Waals surface area (Å²) < 4.78 is 42.3. The maximum atomic E-state index is 11.8. The van der Waals surface area contributed by atoms with E-state index in [1.165, 1.54) is 14.2 Å². The Balaban J connectivity index is 3.69. The first-order valence-electron chi connectivity index (χ1n) is 2.74. The summed E-state index contributed by atoms with van der Waals surface area (Å²) in [6.45, 7) is -0.244. The van der Waals surface area contributed by atoms with Gasteiger partial charge in [-0.05, 0) is 0 Å². The highest BCUT2D eigenvalue weighted by molar-refractivity contribution is 7.84. The molecule has 0 saturated heterocycles. The van der Waals surface area contributed by atoms with E-state index in [9.17, 15) is 12.3 Å². The molecule has 0 aliphatic rings. The zero-order valence-corrected chi connectivity index (χ0v) is 7.02. The highest BCUT2D eigenvalue weighted by atomic mass is 32.3. The molecule has 0 aliphatic heterocycles. The van der Waals surface area contributed by atoms with Gasteiger partial charge in [-0.2, -0.15) is 13.1 Å². The van der Waals surface area contributed by atoms with Crippen LogP contribution < -0.4 is 4.72 Å². The third-order valence-corrected chi connectivity index (χ3v) is 1.46. The highest BCUT2D eigenvalue weighted by Gasteiger charge is 2.10. The molecule has 5 nitrogen and oxygen atoms in total. The van der Waals surface area contributed by atoms with Crippen LogP contribution in [0, 0.1) is 0 Å². The lowest BCUT2D eigenvalue weighted by molar-refractivity contribution is -0.0962. The molecule has 0 radical (unpaired) electrons. The molecule has 0 fully saturated rings. The van der Waals surface area contributed by atoms with Crippen LogP contribution in [0.3, 0.4) is 0 Å². The molecule has 7 heteroatoms. The first kappa shape index (κ1) is 10.8. The minimum absolute atomic E-state index is 0.244. The van der Waals surface area contributed by atoms with Gasteiger partial charge in [0.25, 0.3) is 0 Å². The summed E-state index contributed by atoms with van der Waals surface area (Å²) in [5.74, 6) is 0. The number of methoxy groups -OCH3 is 2. The van der Waals surface area contributed by atoms with Crippen LogP contribution in [0.2, 0.25) is 0 Å². The lowest BCUT2D eigenvalue weighted by Crippen LogP contribution is -2.31. The molecule has 0 heterocycles. The van der Waals surface area contributed by atoms with E-state index in [1.54, 1.807) is 4.72 Å². The van der Waals surface area contributed by atoms with Crippen molar-refractivity contribution in [3.63, 3.8) is 0 Å². The van der Waals surface area contributed by atoms with Crippen molar-refractivity contribution in [3.05, 3.63) is 0 Å². The van der Waals surface area contributed by atoms with Gasteiger partial charge < -0.3 is 9.47 Å². The Labute approximate surface area is 64.8 Å². The van der Waals surface area contributed by atoms with E-state index in [0.29, 0.717) is 0 Å². The normalized spacial score (nSPS) is 12.4. The average molecular weight is 187 g/mol. The van der Waals surface area contributed by atoms with Crippen LogP contribution >= 0.6 is 0 Å². The predicted molar refractivity (Wildman–Crippen MR) is 35.8 cm³/mol. The largest absolute Gasteiger partial charge is 0.372 e. The zero-order valence-electron chi connectivity index (χ0n) is 6.20. The molecule has 0 aromatic carbocycles. The first-order valence-corrected chi connectivity index (χ1v) is 4.12. The summed E-state index contributed by atoms with van der Waals surface area (Å²) in [5, 5.41) is 0. The Bertz CT molecular complexity index is 188. The molecule has 0 aromatic rings. The third-order valence-electron chi connectivity index (χ3n) is 0.948. The van der Waals surface area contributed by atoms with Crippen molar-refractivity contribution in [3.8, 4) is 0 Å². The van der Waals surface area contributed by atoms with E-state index in [1.807, 2.05) is 0 Å². The molecule has 0 unspecified atom stereocenters. The SMILES string of the molecule is COC(CNS(=O)(=O)F)OC. The fraction of sp³-hybridized carbons (Fsp3) is 1.00. The number of hydrogen-bond donors (Lipinski definition) is 1. The second-order valence-electron chi connectivity index (χ2n) is 1.69. The molecule has 0 bridgehead atoms. The molecule has 0 atom stereocenters. The molecule has 11 heavy (non-hydrogen) atoms. The van der Waals surface area contributed by atoms with Crippen molar-refractivity contribution in [1.82, 2.24) is 4.72 Å². The first-order chi connectivity index (χ1) is 4.99. The summed E-state index contributed by atoms with van der Waals surface area (Å²) in [7, 11) is -2.01. The molecule has 0 amide bonds. The van der Waals surface area contributed by atoms with Gasteiger partial charge in [0.1, 0.15) is 0 Å². The summed E-state index contributed by atoms with van der Waals surface area (Å²) in [5.41, 5.74) is 0. The Hall–Kier alpha value is -0.240. The summed E-state index contributed by atoms with van der Waals surface area (Å²) in [6, 6.07) is 0. The molecule has 1 N–H and O–H groups in total. The fourth-order valence-electron chi connectivity index (χ4n) is 0.430. The van der Waals surface area contributed by atoms with Crippen LogP contribution in [-0.2, 0) is 19.9 Å². The van der Waals surface area contributed by atoms with Crippen molar-refractivity contribution < 1.29 is 21.8 Å². The van der Waals surface area contributed by atoms with Crippen LogP contribution in [0.25, 0.3) is 0 Å². The number of halogens is 1. The zero-order chi connectivity index (χ0) is 8.91. The van der Waals surface area contributed by atoms with E-state index in [4.69, 9.17) is 0 Å². The van der Waals surface area contributed by atoms with Crippen molar-refractivity contribution in [2.24, 2.45) is 0 Å². The van der Waals surface area contributed by atoms with Gasteiger partial charge in [0.05, 0.1) is 6.54 Å². The van der Waals surface area contributed by atoms with Crippen molar-refractivity contribution in [1.29, 1.82) is 0 Å². The molecule has 0 spiro atoms. The second-order valence-corrected chi connectivity index (χ2v) is 2.85. The molecule has 0 aromatic heterocycles. The van der Waals surface area contributed by atoms with Crippen molar-refractivity contribution in [2.75, 3.05) is 20.8 Å². The van der Waals surface area contributed by atoms with E-state index < -0.39 is 16.7 Å². The van der Waals surface area contributed by atoms with Gasteiger partial charge in [-0.15, -0.1) is 0 Å². The summed E-state index contributed by atoms with van der Waals surface area (Å²) in [4.78, 5) is 0. The van der Waals surface area contributed by atoms with Gasteiger partial charge in [-0.1, -0.05) is 3.89 Å². The molecule has 0 aliphatic carbocycles.